The summed E-state index contributed by atoms with van der Waals surface area (Å²) >= 11 is 6.02. The summed E-state index contributed by atoms with van der Waals surface area (Å²) in [6, 6.07) is 2.48. The number of aryl methyl sites for hydroxylation is 1. The molecule has 3 rings (SSSR count). The zero-order valence-electron chi connectivity index (χ0n) is 11.3. The van der Waals surface area contributed by atoms with Gasteiger partial charge >= 0.3 is 0 Å². The van der Waals surface area contributed by atoms with Gasteiger partial charge in [0.15, 0.2) is 5.65 Å². The Morgan fingerprint density at radius 2 is 2.26 bits per heavy atom. The van der Waals surface area contributed by atoms with E-state index in [0.29, 0.717) is 18.0 Å². The van der Waals surface area contributed by atoms with Crippen LogP contribution in [0.5, 0.6) is 0 Å². The zero-order chi connectivity index (χ0) is 13.4. The molecule has 0 radical (unpaired) electrons. The fourth-order valence-electron chi connectivity index (χ4n) is 2.73. The SMILES string of the molecule is CCOC1CC(n2c(CCl)nc3cc(C)cnc32)C1. The molecule has 4 nitrogen and oxygen atoms in total. The highest BCUT2D eigenvalue weighted by atomic mass is 35.5. The van der Waals surface area contributed by atoms with Crippen molar-refractivity contribution in [1.82, 2.24) is 14.5 Å². The van der Waals surface area contributed by atoms with Crippen molar-refractivity contribution in [3.8, 4) is 0 Å². The van der Waals surface area contributed by atoms with Crippen molar-refractivity contribution in [1.29, 1.82) is 0 Å². The minimum Gasteiger partial charge on any atom is -0.378 e. The summed E-state index contributed by atoms with van der Waals surface area (Å²) in [5, 5.41) is 0. The lowest BCUT2D eigenvalue weighted by molar-refractivity contribution is -0.0193. The number of alkyl halides is 1. The molecule has 5 heteroatoms. The van der Waals surface area contributed by atoms with Gasteiger partial charge in [-0.3, -0.25) is 0 Å². The Balaban J connectivity index is 1.94. The van der Waals surface area contributed by atoms with Gasteiger partial charge in [-0.15, -0.1) is 11.6 Å². The molecule has 0 unspecified atom stereocenters. The Labute approximate surface area is 117 Å². The van der Waals surface area contributed by atoms with Gasteiger partial charge in [-0.2, -0.15) is 0 Å². The van der Waals surface area contributed by atoms with Crippen LogP contribution in [0.1, 0.15) is 37.2 Å². The number of ether oxygens (including phenoxy) is 1. The van der Waals surface area contributed by atoms with Crippen molar-refractivity contribution in [3.05, 3.63) is 23.7 Å². The third-order valence-corrected chi connectivity index (χ3v) is 3.94. The van der Waals surface area contributed by atoms with Crippen molar-refractivity contribution in [2.75, 3.05) is 6.61 Å². The first-order valence-electron chi connectivity index (χ1n) is 6.74. The number of halogens is 1. The summed E-state index contributed by atoms with van der Waals surface area (Å²) in [7, 11) is 0. The molecule has 1 saturated carbocycles. The van der Waals surface area contributed by atoms with Gasteiger partial charge in [0, 0.05) is 18.8 Å². The molecular formula is C14H18ClN3O. The van der Waals surface area contributed by atoms with Gasteiger partial charge in [0.2, 0.25) is 0 Å². The summed E-state index contributed by atoms with van der Waals surface area (Å²) in [6.45, 7) is 4.84. The van der Waals surface area contributed by atoms with Crippen LogP contribution in [0.4, 0.5) is 0 Å². The standard InChI is InChI=1S/C14H18ClN3O/c1-3-19-11-5-10(6-11)18-13(7-15)17-12-4-9(2)8-16-14(12)18/h4,8,10-11H,3,5-7H2,1-2H3. The van der Waals surface area contributed by atoms with Crippen LogP contribution < -0.4 is 0 Å². The molecule has 2 aromatic rings. The van der Waals surface area contributed by atoms with Crippen molar-refractivity contribution >= 4 is 22.8 Å². The summed E-state index contributed by atoms with van der Waals surface area (Å²) < 4.78 is 7.82. The lowest BCUT2D eigenvalue weighted by Crippen LogP contribution is -2.34. The van der Waals surface area contributed by atoms with E-state index in [0.717, 1.165) is 42.0 Å². The van der Waals surface area contributed by atoms with E-state index >= 15 is 0 Å². The third kappa shape index (κ3) is 2.23. The maximum Gasteiger partial charge on any atom is 0.160 e. The van der Waals surface area contributed by atoms with Gasteiger partial charge < -0.3 is 9.30 Å². The van der Waals surface area contributed by atoms with Crippen LogP contribution in [-0.2, 0) is 10.6 Å². The number of hydrogen-bond donors (Lipinski definition) is 0. The zero-order valence-corrected chi connectivity index (χ0v) is 12.0. The average molecular weight is 280 g/mol. The number of nitrogens with zero attached hydrogens (tertiary/aromatic N) is 3. The van der Waals surface area contributed by atoms with E-state index in [9.17, 15) is 0 Å². The first-order valence-corrected chi connectivity index (χ1v) is 7.27. The molecule has 0 atom stereocenters. The molecule has 0 spiro atoms. The van der Waals surface area contributed by atoms with E-state index in [1.165, 1.54) is 0 Å². The van der Waals surface area contributed by atoms with Crippen LogP contribution in [0.25, 0.3) is 11.2 Å². The molecular weight excluding hydrogens is 262 g/mol. The topological polar surface area (TPSA) is 39.9 Å². The highest BCUT2D eigenvalue weighted by molar-refractivity contribution is 6.16. The number of aromatic nitrogens is 3. The average Bonchev–Trinajstić information content (AvgIpc) is 2.70. The molecule has 2 heterocycles. The number of hydrogen-bond acceptors (Lipinski definition) is 3. The Kier molecular flexibility index (Phi) is 3.46. The van der Waals surface area contributed by atoms with Crippen molar-refractivity contribution in [2.24, 2.45) is 0 Å². The molecule has 102 valence electrons. The Bertz CT molecular complexity index is 590. The molecule has 0 aliphatic heterocycles. The molecule has 0 saturated heterocycles. The van der Waals surface area contributed by atoms with E-state index in [2.05, 4.69) is 20.6 Å². The molecule has 1 aliphatic rings. The third-order valence-electron chi connectivity index (χ3n) is 3.70. The lowest BCUT2D eigenvalue weighted by atomic mass is 9.89. The van der Waals surface area contributed by atoms with Gasteiger partial charge in [-0.1, -0.05) is 0 Å². The highest BCUT2D eigenvalue weighted by Gasteiger charge is 2.33. The quantitative estimate of drug-likeness (QED) is 0.807. The largest absolute Gasteiger partial charge is 0.378 e. The first-order chi connectivity index (χ1) is 9.22. The maximum absolute atomic E-state index is 6.02. The summed E-state index contributed by atoms with van der Waals surface area (Å²) in [5.41, 5.74) is 3.01. The molecule has 0 amide bonds. The highest BCUT2D eigenvalue weighted by Crippen LogP contribution is 2.37. The molecule has 2 aromatic heterocycles. The predicted molar refractivity (Wildman–Crippen MR) is 75.5 cm³/mol. The number of imidazole rings is 1. The Hall–Kier alpha value is -1.13. The second-order valence-electron chi connectivity index (χ2n) is 5.09. The lowest BCUT2D eigenvalue weighted by Gasteiger charge is -2.36. The smallest absolute Gasteiger partial charge is 0.160 e. The van der Waals surface area contributed by atoms with Gasteiger partial charge in [0.25, 0.3) is 0 Å². The van der Waals surface area contributed by atoms with Gasteiger partial charge in [-0.05, 0) is 38.3 Å². The monoisotopic (exact) mass is 279 g/mol. The van der Waals surface area contributed by atoms with Crippen LogP contribution in [0.3, 0.4) is 0 Å². The fraction of sp³-hybridized carbons (Fsp3) is 0.571. The van der Waals surface area contributed by atoms with Crippen LogP contribution in [0.15, 0.2) is 12.3 Å². The summed E-state index contributed by atoms with van der Waals surface area (Å²) in [5.74, 6) is 1.33. The van der Waals surface area contributed by atoms with E-state index in [-0.39, 0.29) is 0 Å². The van der Waals surface area contributed by atoms with Crippen LogP contribution in [0.2, 0.25) is 0 Å². The molecule has 0 bridgehead atoms. The van der Waals surface area contributed by atoms with Crippen molar-refractivity contribution < 1.29 is 4.74 Å². The summed E-state index contributed by atoms with van der Waals surface area (Å²) in [6.07, 6.45) is 4.32. The van der Waals surface area contributed by atoms with Gasteiger partial charge in [0.05, 0.1) is 12.0 Å². The van der Waals surface area contributed by atoms with Gasteiger partial charge in [0.1, 0.15) is 11.3 Å². The van der Waals surface area contributed by atoms with Crippen LogP contribution >= 0.6 is 11.6 Å². The Morgan fingerprint density at radius 3 is 2.95 bits per heavy atom. The van der Waals surface area contributed by atoms with Crippen LogP contribution in [-0.4, -0.2) is 27.2 Å². The van der Waals surface area contributed by atoms with E-state index < -0.39 is 0 Å². The maximum atomic E-state index is 6.02. The number of rotatable bonds is 4. The molecule has 1 fully saturated rings. The molecule has 0 aromatic carbocycles. The minimum absolute atomic E-state index is 0.376. The van der Waals surface area contributed by atoms with E-state index in [1.54, 1.807) is 0 Å². The second kappa shape index (κ2) is 5.10. The normalized spacial score (nSPS) is 22.7. The van der Waals surface area contributed by atoms with E-state index in [4.69, 9.17) is 16.3 Å². The van der Waals surface area contributed by atoms with Crippen molar-refractivity contribution in [3.63, 3.8) is 0 Å². The Morgan fingerprint density at radius 1 is 1.47 bits per heavy atom. The molecule has 0 N–H and O–H groups in total. The first kappa shape index (κ1) is 12.9. The second-order valence-corrected chi connectivity index (χ2v) is 5.36. The minimum atomic E-state index is 0.376. The van der Waals surface area contributed by atoms with E-state index in [1.807, 2.05) is 20.0 Å². The van der Waals surface area contributed by atoms with Gasteiger partial charge in [-0.25, -0.2) is 9.97 Å². The number of fused-ring (bicyclic) bond motifs is 1. The molecule has 1 aliphatic carbocycles. The molecule has 19 heavy (non-hydrogen) atoms. The number of pyridine rings is 1. The fourth-order valence-corrected chi connectivity index (χ4v) is 2.92. The van der Waals surface area contributed by atoms with Crippen LogP contribution in [0, 0.1) is 6.92 Å². The van der Waals surface area contributed by atoms with Crippen molar-refractivity contribution in [2.45, 2.75) is 44.7 Å². The predicted octanol–water partition coefficient (Wildman–Crippen LogP) is 3.22. The summed E-state index contributed by atoms with van der Waals surface area (Å²) in [4.78, 5) is 9.12.